The molecule has 174 valence electrons. The monoisotopic (exact) mass is 463 g/mol. The predicted molar refractivity (Wildman–Crippen MR) is 119 cm³/mol. The molecule has 0 saturated carbocycles. The molecular weight excluding hydrogens is 441 g/mol. The number of aromatic nitrogens is 1. The fourth-order valence-corrected chi connectivity index (χ4v) is 3.29. The average Bonchev–Trinajstić information content (AvgIpc) is 3.55. The molecule has 0 saturated heterocycles. The average molecular weight is 463 g/mol. The van der Waals surface area contributed by atoms with Crippen molar-refractivity contribution >= 4 is 11.8 Å². The Balaban J connectivity index is 1.46. The quantitative estimate of drug-likeness (QED) is 0.400. The molecule has 0 unspecified atom stereocenters. The van der Waals surface area contributed by atoms with Gasteiger partial charge in [0.2, 0.25) is 0 Å². The Bertz CT molecular complexity index is 1250. The van der Waals surface area contributed by atoms with Gasteiger partial charge in [0.05, 0.1) is 26.5 Å². The molecule has 2 heterocycles. The van der Waals surface area contributed by atoms with Crippen LogP contribution in [0, 0.1) is 5.82 Å². The maximum atomic E-state index is 13.2. The van der Waals surface area contributed by atoms with Gasteiger partial charge in [0.15, 0.2) is 11.5 Å². The molecule has 0 radical (unpaired) electrons. The summed E-state index contributed by atoms with van der Waals surface area (Å²) in [4.78, 5) is 27.2. The molecule has 0 aliphatic carbocycles. The molecule has 2 aromatic carbocycles. The predicted octanol–water partition coefficient (Wildman–Crippen LogP) is 4.19. The van der Waals surface area contributed by atoms with E-state index in [0.717, 1.165) is 5.56 Å². The van der Waals surface area contributed by atoms with Crippen LogP contribution in [-0.2, 0) is 19.6 Å². The Morgan fingerprint density at radius 3 is 2.56 bits per heavy atom. The Morgan fingerprint density at radius 1 is 1.03 bits per heavy atom. The first-order valence-electron chi connectivity index (χ1n) is 10.5. The number of furan rings is 1. The van der Waals surface area contributed by atoms with E-state index in [0.29, 0.717) is 22.8 Å². The van der Waals surface area contributed by atoms with Crippen molar-refractivity contribution in [2.24, 2.45) is 0 Å². The van der Waals surface area contributed by atoms with Crippen LogP contribution in [0.2, 0.25) is 0 Å². The van der Waals surface area contributed by atoms with Gasteiger partial charge in [-0.1, -0.05) is 23.4 Å². The Hall–Kier alpha value is -4.40. The highest BCUT2D eigenvalue weighted by Crippen LogP contribution is 2.19. The highest BCUT2D eigenvalue weighted by Gasteiger charge is 2.21. The molecule has 0 atom stereocenters. The summed E-state index contributed by atoms with van der Waals surface area (Å²) in [5.74, 6) is 0.412. The van der Waals surface area contributed by atoms with Crippen molar-refractivity contribution in [2.45, 2.75) is 19.6 Å². The second-order valence-corrected chi connectivity index (χ2v) is 7.46. The zero-order valence-corrected chi connectivity index (χ0v) is 18.4. The number of hydrogen-bond acceptors (Lipinski definition) is 6. The molecule has 0 aliphatic rings. The number of hydrogen-bond donors (Lipinski definition) is 1. The molecule has 0 bridgehead atoms. The van der Waals surface area contributed by atoms with Crippen molar-refractivity contribution in [3.05, 3.63) is 107 Å². The third-order valence-electron chi connectivity index (χ3n) is 5.04. The molecule has 0 spiro atoms. The fraction of sp³-hybridized carbons (Fsp3) is 0.160. The molecule has 8 nitrogen and oxygen atoms in total. The van der Waals surface area contributed by atoms with Crippen LogP contribution >= 0.6 is 0 Å². The number of carbonyl (C=O) groups excluding carboxylic acids is 2. The number of amides is 2. The summed E-state index contributed by atoms with van der Waals surface area (Å²) in [6.45, 7) is 0.463. The van der Waals surface area contributed by atoms with E-state index in [-0.39, 0.29) is 37.1 Å². The van der Waals surface area contributed by atoms with E-state index >= 15 is 0 Å². The summed E-state index contributed by atoms with van der Waals surface area (Å²) in [6, 6.07) is 17.6. The minimum atomic E-state index is -0.448. The smallest absolute Gasteiger partial charge is 0.273 e. The van der Waals surface area contributed by atoms with Crippen molar-refractivity contribution in [1.82, 2.24) is 15.4 Å². The van der Waals surface area contributed by atoms with Gasteiger partial charge in [0.1, 0.15) is 17.3 Å². The van der Waals surface area contributed by atoms with Gasteiger partial charge >= 0.3 is 0 Å². The standard InChI is InChI=1S/C25H22FN3O5/c1-32-20-5-2-4-18(12-20)25(31)29(15-21-6-3-11-33-21)16-22-13-23(28-34-22)24(30)27-14-17-7-9-19(26)10-8-17/h2-13H,14-16H2,1H3,(H,27,30). The normalized spacial score (nSPS) is 10.6. The molecule has 2 aromatic heterocycles. The molecule has 0 aliphatic heterocycles. The molecule has 4 aromatic rings. The van der Waals surface area contributed by atoms with Crippen molar-refractivity contribution < 1.29 is 27.7 Å². The molecular formula is C25H22FN3O5. The number of halogens is 1. The maximum Gasteiger partial charge on any atom is 0.273 e. The lowest BCUT2D eigenvalue weighted by atomic mass is 10.1. The van der Waals surface area contributed by atoms with Crippen molar-refractivity contribution in [2.75, 3.05) is 7.11 Å². The number of nitrogens with one attached hydrogen (secondary N) is 1. The van der Waals surface area contributed by atoms with Crippen molar-refractivity contribution in [3.63, 3.8) is 0 Å². The van der Waals surface area contributed by atoms with Gasteiger partial charge in [0, 0.05) is 18.2 Å². The van der Waals surface area contributed by atoms with Gasteiger partial charge in [0.25, 0.3) is 11.8 Å². The third kappa shape index (κ3) is 5.69. The summed E-state index contributed by atoms with van der Waals surface area (Å²) < 4.78 is 29.0. The second-order valence-electron chi connectivity index (χ2n) is 7.46. The van der Waals surface area contributed by atoms with Gasteiger partial charge in [-0.25, -0.2) is 4.39 Å². The van der Waals surface area contributed by atoms with Crippen LogP contribution in [0.5, 0.6) is 5.75 Å². The van der Waals surface area contributed by atoms with E-state index in [1.54, 1.807) is 48.5 Å². The lowest BCUT2D eigenvalue weighted by molar-refractivity contribution is 0.0699. The second kappa shape index (κ2) is 10.5. The molecule has 0 fully saturated rings. The van der Waals surface area contributed by atoms with Crippen LogP contribution < -0.4 is 10.1 Å². The fourth-order valence-electron chi connectivity index (χ4n) is 3.29. The minimum absolute atomic E-state index is 0.0645. The number of benzene rings is 2. The first kappa shape index (κ1) is 22.8. The van der Waals surface area contributed by atoms with E-state index in [2.05, 4.69) is 10.5 Å². The number of nitrogens with zero attached hydrogens (tertiary/aromatic N) is 2. The van der Waals surface area contributed by atoms with Crippen LogP contribution in [0.25, 0.3) is 0 Å². The highest BCUT2D eigenvalue weighted by atomic mass is 19.1. The first-order chi connectivity index (χ1) is 16.5. The molecule has 1 N–H and O–H groups in total. The molecule has 4 rings (SSSR count). The summed E-state index contributed by atoms with van der Waals surface area (Å²) in [6.07, 6.45) is 1.53. The lowest BCUT2D eigenvalue weighted by Gasteiger charge is -2.20. The summed E-state index contributed by atoms with van der Waals surface area (Å²) in [7, 11) is 1.53. The van der Waals surface area contributed by atoms with Crippen LogP contribution in [-0.4, -0.2) is 29.0 Å². The van der Waals surface area contributed by atoms with Gasteiger partial charge in [-0.2, -0.15) is 0 Å². The first-order valence-corrected chi connectivity index (χ1v) is 10.5. The molecule has 2 amide bonds. The molecule has 34 heavy (non-hydrogen) atoms. The topological polar surface area (TPSA) is 97.8 Å². The number of ether oxygens (including phenoxy) is 1. The van der Waals surface area contributed by atoms with E-state index in [1.165, 1.54) is 36.5 Å². The van der Waals surface area contributed by atoms with E-state index in [9.17, 15) is 14.0 Å². The van der Waals surface area contributed by atoms with Crippen LogP contribution in [0.1, 0.15) is 37.9 Å². The largest absolute Gasteiger partial charge is 0.497 e. The third-order valence-corrected chi connectivity index (χ3v) is 5.04. The number of rotatable bonds is 9. The van der Waals surface area contributed by atoms with E-state index < -0.39 is 5.91 Å². The summed E-state index contributed by atoms with van der Waals surface area (Å²) >= 11 is 0. The molecule has 9 heteroatoms. The number of methoxy groups -OCH3 is 1. The zero-order chi connectivity index (χ0) is 23.9. The Labute approximate surface area is 194 Å². The van der Waals surface area contributed by atoms with E-state index in [4.69, 9.17) is 13.7 Å². The van der Waals surface area contributed by atoms with Gasteiger partial charge < -0.3 is 23.9 Å². The Morgan fingerprint density at radius 2 is 1.82 bits per heavy atom. The Kier molecular flexibility index (Phi) is 7.02. The highest BCUT2D eigenvalue weighted by molar-refractivity contribution is 5.94. The lowest BCUT2D eigenvalue weighted by Crippen LogP contribution is -2.30. The van der Waals surface area contributed by atoms with Gasteiger partial charge in [-0.15, -0.1) is 0 Å². The SMILES string of the molecule is COc1cccc(C(=O)N(Cc2ccco2)Cc2cc(C(=O)NCc3ccc(F)cc3)no2)c1. The van der Waals surface area contributed by atoms with Crippen LogP contribution in [0.3, 0.4) is 0 Å². The van der Waals surface area contributed by atoms with Crippen molar-refractivity contribution in [1.29, 1.82) is 0 Å². The van der Waals surface area contributed by atoms with Crippen LogP contribution in [0.4, 0.5) is 4.39 Å². The van der Waals surface area contributed by atoms with Crippen LogP contribution in [0.15, 0.2) is 81.9 Å². The van der Waals surface area contributed by atoms with E-state index in [1.807, 2.05) is 0 Å². The van der Waals surface area contributed by atoms with Gasteiger partial charge in [-0.3, -0.25) is 9.59 Å². The summed E-state index contributed by atoms with van der Waals surface area (Å²) in [5.41, 5.74) is 1.25. The number of carbonyl (C=O) groups is 2. The zero-order valence-electron chi connectivity index (χ0n) is 18.4. The van der Waals surface area contributed by atoms with Crippen molar-refractivity contribution in [3.8, 4) is 5.75 Å². The summed E-state index contributed by atoms with van der Waals surface area (Å²) in [5, 5.41) is 6.53. The van der Waals surface area contributed by atoms with Gasteiger partial charge in [-0.05, 0) is 48.0 Å². The minimum Gasteiger partial charge on any atom is -0.497 e. The maximum absolute atomic E-state index is 13.2.